The largest absolute Gasteiger partial charge is 0.792 e. The zero-order valence-electron chi connectivity index (χ0n) is 6.80. The maximum Gasteiger partial charge on any atom is 0.349 e. The van der Waals surface area contributed by atoms with Gasteiger partial charge in [-0.2, -0.15) is 0 Å². The predicted molar refractivity (Wildman–Crippen MR) is 48.6 cm³/mol. The molecular formula is C9H8NO3-. The summed E-state index contributed by atoms with van der Waals surface area (Å²) in [6.07, 6.45) is 0.0691. The summed E-state index contributed by atoms with van der Waals surface area (Å²) in [6.45, 7) is 0. The minimum atomic E-state index is -1.26. The summed E-state index contributed by atoms with van der Waals surface area (Å²) in [4.78, 5) is 10.4. The van der Waals surface area contributed by atoms with E-state index in [9.17, 15) is 10.0 Å². The summed E-state index contributed by atoms with van der Waals surface area (Å²) in [5, 5.41) is 21.0. The van der Waals surface area contributed by atoms with Gasteiger partial charge in [0.15, 0.2) is 0 Å². The highest BCUT2D eigenvalue weighted by Gasteiger charge is 2.07. The van der Waals surface area contributed by atoms with Crippen molar-refractivity contribution in [2.45, 2.75) is 6.42 Å². The van der Waals surface area contributed by atoms with Crippen LogP contribution in [0, 0.1) is 5.21 Å². The number of hydrogen-bond acceptors (Lipinski definition) is 3. The van der Waals surface area contributed by atoms with Crippen molar-refractivity contribution in [3.05, 3.63) is 41.1 Å². The predicted octanol–water partition coefficient (Wildman–Crippen LogP) is 1.25. The first-order valence-corrected chi connectivity index (χ1v) is 3.70. The van der Waals surface area contributed by atoms with Gasteiger partial charge in [0.1, 0.15) is 5.71 Å². The molecule has 0 heterocycles. The molecule has 1 N–H and O–H groups in total. The summed E-state index contributed by atoms with van der Waals surface area (Å²) in [5.74, 6) is -1.26. The van der Waals surface area contributed by atoms with Gasteiger partial charge in [-0.05, 0) is 5.56 Å². The molecule has 1 aromatic rings. The van der Waals surface area contributed by atoms with Gasteiger partial charge in [-0.3, -0.25) is 0 Å². The van der Waals surface area contributed by atoms with E-state index in [2.05, 4.69) is 5.16 Å². The van der Waals surface area contributed by atoms with Gasteiger partial charge in [-0.25, -0.2) is 4.79 Å². The van der Waals surface area contributed by atoms with Crippen LogP contribution in [0.25, 0.3) is 0 Å². The van der Waals surface area contributed by atoms with Gasteiger partial charge in [0.2, 0.25) is 0 Å². The van der Waals surface area contributed by atoms with Crippen LogP contribution in [0.1, 0.15) is 5.56 Å². The summed E-state index contributed by atoms with van der Waals surface area (Å²) in [6, 6.07) is 8.86. The monoisotopic (exact) mass is 178 g/mol. The van der Waals surface area contributed by atoms with E-state index in [0.29, 0.717) is 0 Å². The zero-order chi connectivity index (χ0) is 9.68. The van der Waals surface area contributed by atoms with Crippen molar-refractivity contribution in [2.24, 2.45) is 5.16 Å². The van der Waals surface area contributed by atoms with Crippen LogP contribution in [0.2, 0.25) is 0 Å². The lowest BCUT2D eigenvalue weighted by atomic mass is 10.1. The summed E-state index contributed by atoms with van der Waals surface area (Å²) in [7, 11) is 0. The molecule has 13 heavy (non-hydrogen) atoms. The Labute approximate surface area is 75.1 Å². The molecule has 0 fully saturated rings. The fraction of sp³-hybridized carbons (Fsp3) is 0.111. The molecule has 0 radical (unpaired) electrons. The van der Waals surface area contributed by atoms with Crippen LogP contribution < -0.4 is 0 Å². The number of benzene rings is 1. The Hall–Kier alpha value is -1.84. The van der Waals surface area contributed by atoms with E-state index in [4.69, 9.17) is 5.11 Å². The van der Waals surface area contributed by atoms with Gasteiger partial charge in [0.25, 0.3) is 0 Å². The SMILES string of the molecule is O=C(O)/C(Cc1ccccc1)=N/[O-]. The van der Waals surface area contributed by atoms with Gasteiger partial charge < -0.3 is 15.5 Å². The van der Waals surface area contributed by atoms with Gasteiger partial charge in [-0.1, -0.05) is 30.3 Å². The number of nitrogens with zero attached hydrogens (tertiary/aromatic N) is 1. The number of rotatable bonds is 3. The van der Waals surface area contributed by atoms with Crippen LogP contribution in [0.3, 0.4) is 0 Å². The molecule has 4 heteroatoms. The van der Waals surface area contributed by atoms with Crippen molar-refractivity contribution < 1.29 is 9.90 Å². The van der Waals surface area contributed by atoms with Crippen LogP contribution in [0.5, 0.6) is 0 Å². The lowest BCUT2D eigenvalue weighted by Gasteiger charge is -2.03. The normalized spacial score (nSPS) is 11.2. The lowest BCUT2D eigenvalue weighted by Crippen LogP contribution is -2.15. The van der Waals surface area contributed by atoms with E-state index in [1.165, 1.54) is 0 Å². The van der Waals surface area contributed by atoms with Crippen molar-refractivity contribution in [1.82, 2.24) is 0 Å². The Morgan fingerprint density at radius 2 is 2.00 bits per heavy atom. The first-order valence-electron chi connectivity index (χ1n) is 3.70. The quantitative estimate of drug-likeness (QED) is 0.559. The number of hydrogen-bond donors (Lipinski definition) is 1. The first-order chi connectivity index (χ1) is 6.24. The molecule has 0 atom stereocenters. The maximum absolute atomic E-state index is 10.4. The molecule has 1 aromatic carbocycles. The summed E-state index contributed by atoms with van der Waals surface area (Å²) < 4.78 is 0. The van der Waals surface area contributed by atoms with Crippen molar-refractivity contribution in [2.75, 3.05) is 0 Å². The number of carboxylic acids is 1. The van der Waals surface area contributed by atoms with E-state index < -0.39 is 5.97 Å². The van der Waals surface area contributed by atoms with E-state index in [-0.39, 0.29) is 12.1 Å². The average Bonchev–Trinajstić information content (AvgIpc) is 2.15. The molecule has 0 amide bonds. The molecule has 0 unspecified atom stereocenters. The molecule has 4 nitrogen and oxygen atoms in total. The number of aliphatic carboxylic acids is 1. The minimum Gasteiger partial charge on any atom is -0.792 e. The average molecular weight is 178 g/mol. The van der Waals surface area contributed by atoms with Gasteiger partial charge in [-0.15, -0.1) is 0 Å². The standard InChI is InChI=1S/C9H9NO3/c11-9(12)8(10-13)6-7-4-2-1-3-5-7/h1-5,13H,6H2,(H,11,12)/p-1/b10-8+. The second-order valence-electron chi connectivity index (χ2n) is 2.51. The van der Waals surface area contributed by atoms with Gasteiger partial charge >= 0.3 is 5.97 Å². The molecule has 0 saturated carbocycles. The Morgan fingerprint density at radius 3 is 2.46 bits per heavy atom. The maximum atomic E-state index is 10.4. The highest BCUT2D eigenvalue weighted by atomic mass is 16.4. The third kappa shape index (κ3) is 2.59. The molecule has 0 aliphatic heterocycles. The second-order valence-corrected chi connectivity index (χ2v) is 2.51. The Balaban J connectivity index is 2.74. The fourth-order valence-electron chi connectivity index (χ4n) is 0.936. The van der Waals surface area contributed by atoms with Crippen LogP contribution in [-0.4, -0.2) is 16.8 Å². The second kappa shape index (κ2) is 4.25. The molecule has 0 aliphatic carbocycles. The Bertz CT molecular complexity index is 319. The highest BCUT2D eigenvalue weighted by Crippen LogP contribution is 2.01. The molecule has 1 rings (SSSR count). The van der Waals surface area contributed by atoms with Gasteiger partial charge in [0, 0.05) is 6.42 Å². The van der Waals surface area contributed by atoms with Gasteiger partial charge in [0.05, 0.1) is 0 Å². The Kier molecular flexibility index (Phi) is 3.03. The van der Waals surface area contributed by atoms with Crippen LogP contribution >= 0.6 is 0 Å². The zero-order valence-corrected chi connectivity index (χ0v) is 6.80. The van der Waals surface area contributed by atoms with E-state index >= 15 is 0 Å². The smallest absolute Gasteiger partial charge is 0.349 e. The number of carboxylic acid groups (broad SMARTS) is 1. The molecule has 0 saturated heterocycles. The van der Waals surface area contributed by atoms with Crippen molar-refractivity contribution >= 4 is 11.7 Å². The number of carbonyl (C=O) groups is 1. The highest BCUT2D eigenvalue weighted by molar-refractivity contribution is 6.36. The lowest BCUT2D eigenvalue weighted by molar-refractivity contribution is -0.129. The molecule has 68 valence electrons. The fourth-order valence-corrected chi connectivity index (χ4v) is 0.936. The van der Waals surface area contributed by atoms with E-state index in [0.717, 1.165) is 5.56 Å². The van der Waals surface area contributed by atoms with E-state index in [1.54, 1.807) is 24.3 Å². The third-order valence-corrected chi connectivity index (χ3v) is 1.57. The van der Waals surface area contributed by atoms with Crippen molar-refractivity contribution in [1.29, 1.82) is 0 Å². The van der Waals surface area contributed by atoms with Crippen molar-refractivity contribution in [3.63, 3.8) is 0 Å². The summed E-state index contributed by atoms with van der Waals surface area (Å²) >= 11 is 0. The molecule has 0 aromatic heterocycles. The van der Waals surface area contributed by atoms with Crippen LogP contribution in [0.15, 0.2) is 35.5 Å². The molecular weight excluding hydrogens is 170 g/mol. The summed E-state index contributed by atoms with van der Waals surface area (Å²) in [5.41, 5.74) is 0.394. The first kappa shape index (κ1) is 9.25. The molecule has 0 bridgehead atoms. The van der Waals surface area contributed by atoms with Crippen molar-refractivity contribution in [3.8, 4) is 0 Å². The van der Waals surface area contributed by atoms with E-state index in [1.807, 2.05) is 6.07 Å². The van der Waals surface area contributed by atoms with Crippen LogP contribution in [0.4, 0.5) is 0 Å². The minimum absolute atomic E-state index is 0.0691. The molecule has 0 aliphatic rings. The molecule has 0 spiro atoms. The third-order valence-electron chi connectivity index (χ3n) is 1.57. The Morgan fingerprint density at radius 1 is 1.38 bits per heavy atom. The van der Waals surface area contributed by atoms with Crippen LogP contribution in [-0.2, 0) is 11.2 Å². The topological polar surface area (TPSA) is 72.7 Å².